The van der Waals surface area contributed by atoms with Crippen LogP contribution < -0.4 is 0 Å². The van der Waals surface area contributed by atoms with E-state index in [9.17, 15) is 13.2 Å². The highest BCUT2D eigenvalue weighted by atomic mass is 19.4. The first-order chi connectivity index (χ1) is 7.80. The molecule has 0 spiro atoms. The zero-order chi connectivity index (χ0) is 12.8. The summed E-state index contributed by atoms with van der Waals surface area (Å²) in [5.41, 5.74) is 1.85. The van der Waals surface area contributed by atoms with Crippen LogP contribution in [0.1, 0.15) is 24.1 Å². The third-order valence-electron chi connectivity index (χ3n) is 3.53. The average molecular weight is 247 g/mol. The molecule has 0 amide bonds. The van der Waals surface area contributed by atoms with Crippen molar-refractivity contribution in [3.8, 4) is 0 Å². The van der Waals surface area contributed by atoms with Gasteiger partial charge in [0, 0.05) is 32.3 Å². The van der Waals surface area contributed by atoms with Crippen LogP contribution in [0.2, 0.25) is 0 Å². The van der Waals surface area contributed by atoms with Crippen molar-refractivity contribution in [1.82, 2.24) is 14.5 Å². The molecule has 0 saturated heterocycles. The zero-order valence-corrected chi connectivity index (χ0v) is 10.2. The van der Waals surface area contributed by atoms with Gasteiger partial charge in [-0.3, -0.25) is 4.90 Å². The Kier molecular flexibility index (Phi) is 2.93. The third-order valence-corrected chi connectivity index (χ3v) is 3.53. The lowest BCUT2D eigenvalue weighted by Crippen LogP contribution is -2.46. The summed E-state index contributed by atoms with van der Waals surface area (Å²) in [4.78, 5) is 5.76. The van der Waals surface area contributed by atoms with Gasteiger partial charge in [0.2, 0.25) is 0 Å². The first-order valence-electron chi connectivity index (χ1n) is 5.62. The van der Waals surface area contributed by atoms with Gasteiger partial charge < -0.3 is 4.57 Å². The van der Waals surface area contributed by atoms with Crippen molar-refractivity contribution in [2.45, 2.75) is 39.0 Å². The van der Waals surface area contributed by atoms with E-state index in [0.717, 1.165) is 17.2 Å². The number of aromatic nitrogens is 2. The molecule has 1 atom stereocenters. The maximum absolute atomic E-state index is 12.6. The smallest absolute Gasteiger partial charge is 0.335 e. The molecule has 2 rings (SSSR count). The van der Waals surface area contributed by atoms with Gasteiger partial charge in [-0.15, -0.1) is 0 Å². The molecule has 96 valence electrons. The Morgan fingerprint density at radius 2 is 2.00 bits per heavy atom. The summed E-state index contributed by atoms with van der Waals surface area (Å²) in [7, 11) is 1.91. The second kappa shape index (κ2) is 4.01. The van der Waals surface area contributed by atoms with Crippen LogP contribution in [0.4, 0.5) is 13.2 Å². The normalized spacial score (nSPS) is 19.2. The zero-order valence-electron chi connectivity index (χ0n) is 10.2. The first kappa shape index (κ1) is 12.4. The van der Waals surface area contributed by atoms with E-state index in [2.05, 4.69) is 4.98 Å². The van der Waals surface area contributed by atoms with Crippen LogP contribution in [0.15, 0.2) is 0 Å². The molecule has 1 aromatic rings. The molecule has 0 radical (unpaired) electrons. The molecule has 0 aliphatic carbocycles. The molecular weight excluding hydrogens is 231 g/mol. The van der Waals surface area contributed by atoms with Crippen molar-refractivity contribution >= 4 is 0 Å². The number of alkyl halides is 3. The molecule has 0 aromatic carbocycles. The highest BCUT2D eigenvalue weighted by molar-refractivity contribution is 5.19. The fourth-order valence-corrected chi connectivity index (χ4v) is 2.22. The number of halogens is 3. The van der Waals surface area contributed by atoms with Gasteiger partial charge in [0.05, 0.1) is 5.69 Å². The molecule has 1 unspecified atom stereocenters. The summed E-state index contributed by atoms with van der Waals surface area (Å²) in [6, 6.07) is -1.40. The number of fused-ring (bicyclic) bond motifs is 1. The molecule has 17 heavy (non-hydrogen) atoms. The predicted molar refractivity (Wildman–Crippen MR) is 57.6 cm³/mol. The Morgan fingerprint density at radius 1 is 1.35 bits per heavy atom. The van der Waals surface area contributed by atoms with Gasteiger partial charge >= 0.3 is 6.18 Å². The molecule has 0 bridgehead atoms. The summed E-state index contributed by atoms with van der Waals surface area (Å²) in [6.45, 7) is 3.81. The van der Waals surface area contributed by atoms with Crippen molar-refractivity contribution in [2.24, 2.45) is 7.05 Å². The molecule has 0 N–H and O–H groups in total. The number of rotatable bonds is 1. The van der Waals surface area contributed by atoms with Crippen LogP contribution in [0, 0.1) is 6.92 Å². The standard InChI is InChI=1S/C11H16F3N3/c1-7(11(12,13)14)17-5-4-10-9(6-17)15-8(2)16(10)3/h7H,4-6H2,1-3H3. The van der Waals surface area contributed by atoms with Gasteiger partial charge in [0.15, 0.2) is 0 Å². The van der Waals surface area contributed by atoms with E-state index in [0.29, 0.717) is 13.0 Å². The first-order valence-corrected chi connectivity index (χ1v) is 5.62. The highest BCUT2D eigenvalue weighted by Crippen LogP contribution is 2.28. The predicted octanol–water partition coefficient (Wildman–Crippen LogP) is 2.04. The van der Waals surface area contributed by atoms with E-state index < -0.39 is 12.2 Å². The summed E-state index contributed by atoms with van der Waals surface area (Å²) in [5.74, 6) is 0.858. The van der Waals surface area contributed by atoms with E-state index in [-0.39, 0.29) is 6.54 Å². The van der Waals surface area contributed by atoms with Crippen LogP contribution in [-0.4, -0.2) is 33.2 Å². The number of imidazole rings is 1. The topological polar surface area (TPSA) is 21.1 Å². The van der Waals surface area contributed by atoms with Crippen molar-refractivity contribution in [3.05, 3.63) is 17.2 Å². The Morgan fingerprint density at radius 3 is 2.59 bits per heavy atom. The van der Waals surface area contributed by atoms with Crippen LogP contribution in [-0.2, 0) is 20.0 Å². The van der Waals surface area contributed by atoms with E-state index in [1.54, 1.807) is 0 Å². The SMILES string of the molecule is Cc1nc2c(n1C)CCN(C(C)C(F)(F)F)C2. The van der Waals surface area contributed by atoms with E-state index >= 15 is 0 Å². The van der Waals surface area contributed by atoms with Gasteiger partial charge in [-0.25, -0.2) is 4.98 Å². The number of hydrogen-bond acceptors (Lipinski definition) is 2. The molecule has 0 fully saturated rings. The van der Waals surface area contributed by atoms with Gasteiger partial charge in [-0.2, -0.15) is 13.2 Å². The summed E-state index contributed by atoms with van der Waals surface area (Å²) >= 11 is 0. The summed E-state index contributed by atoms with van der Waals surface area (Å²) in [6.07, 6.45) is -3.53. The van der Waals surface area contributed by atoms with Crippen molar-refractivity contribution < 1.29 is 13.2 Å². The third kappa shape index (κ3) is 2.18. The Balaban J connectivity index is 2.19. The van der Waals surface area contributed by atoms with Crippen LogP contribution >= 0.6 is 0 Å². The molecule has 0 saturated carbocycles. The quantitative estimate of drug-likeness (QED) is 0.757. The largest absolute Gasteiger partial charge is 0.403 e. The van der Waals surface area contributed by atoms with E-state index in [1.165, 1.54) is 11.8 Å². The van der Waals surface area contributed by atoms with Gasteiger partial charge in [0.1, 0.15) is 11.9 Å². The lowest BCUT2D eigenvalue weighted by Gasteiger charge is -2.33. The molecule has 1 aliphatic rings. The molecule has 3 nitrogen and oxygen atoms in total. The molecule has 1 aliphatic heterocycles. The van der Waals surface area contributed by atoms with E-state index in [4.69, 9.17) is 0 Å². The van der Waals surface area contributed by atoms with E-state index in [1.807, 2.05) is 18.5 Å². The monoisotopic (exact) mass is 247 g/mol. The van der Waals surface area contributed by atoms with Crippen molar-refractivity contribution in [3.63, 3.8) is 0 Å². The van der Waals surface area contributed by atoms with Crippen molar-refractivity contribution in [2.75, 3.05) is 6.54 Å². The fourth-order valence-electron chi connectivity index (χ4n) is 2.22. The van der Waals surface area contributed by atoms with Gasteiger partial charge in [-0.05, 0) is 13.8 Å². The molecule has 2 heterocycles. The summed E-state index contributed by atoms with van der Waals surface area (Å²) < 4.78 is 39.8. The minimum Gasteiger partial charge on any atom is -0.335 e. The lowest BCUT2D eigenvalue weighted by molar-refractivity contribution is -0.181. The minimum absolute atomic E-state index is 0.289. The number of nitrogens with zero attached hydrogens (tertiary/aromatic N) is 3. The highest BCUT2D eigenvalue weighted by Gasteiger charge is 2.41. The maximum atomic E-state index is 12.6. The Labute approximate surface area is 98.2 Å². The second-order valence-electron chi connectivity index (χ2n) is 4.55. The lowest BCUT2D eigenvalue weighted by atomic mass is 10.1. The molecule has 1 aromatic heterocycles. The Bertz CT molecular complexity index is 422. The molecule has 6 heteroatoms. The average Bonchev–Trinajstić information content (AvgIpc) is 2.52. The number of aryl methyl sites for hydroxylation is 1. The fraction of sp³-hybridized carbons (Fsp3) is 0.727. The van der Waals surface area contributed by atoms with Crippen LogP contribution in [0.5, 0.6) is 0 Å². The van der Waals surface area contributed by atoms with Crippen LogP contribution in [0.3, 0.4) is 0 Å². The Hall–Kier alpha value is -1.04. The summed E-state index contributed by atoms with van der Waals surface area (Å²) in [5, 5.41) is 0. The van der Waals surface area contributed by atoms with Crippen molar-refractivity contribution in [1.29, 1.82) is 0 Å². The minimum atomic E-state index is -4.17. The maximum Gasteiger partial charge on any atom is 0.403 e. The van der Waals surface area contributed by atoms with Gasteiger partial charge in [0.25, 0.3) is 0 Å². The van der Waals surface area contributed by atoms with Gasteiger partial charge in [-0.1, -0.05) is 0 Å². The number of hydrogen-bond donors (Lipinski definition) is 0. The second-order valence-corrected chi connectivity index (χ2v) is 4.55. The molecular formula is C11H16F3N3. The van der Waals surface area contributed by atoms with Crippen LogP contribution in [0.25, 0.3) is 0 Å².